The lowest BCUT2D eigenvalue weighted by molar-refractivity contribution is 0.0778. The Kier molecular flexibility index (Phi) is 5.59. The number of carbonyl (C=O) groups excluding carboxylic acids is 1. The molecule has 0 N–H and O–H groups in total. The van der Waals surface area contributed by atoms with Gasteiger partial charge in [0.15, 0.2) is 0 Å². The van der Waals surface area contributed by atoms with Crippen molar-refractivity contribution in [2.45, 2.75) is 31.6 Å². The van der Waals surface area contributed by atoms with Gasteiger partial charge in [-0.05, 0) is 44.9 Å². The van der Waals surface area contributed by atoms with Crippen molar-refractivity contribution in [2.24, 2.45) is 0 Å². The molecule has 1 saturated heterocycles. The van der Waals surface area contributed by atoms with Gasteiger partial charge in [0.05, 0.1) is 4.90 Å². The summed E-state index contributed by atoms with van der Waals surface area (Å²) in [5.41, 5.74) is 1.29. The molecule has 1 aromatic carbocycles. The SMILES string of the molecule is C=C(C)CN(CC)C(=O)c1cccc(S(=O)(=O)N2CCCC2)c1. The van der Waals surface area contributed by atoms with Gasteiger partial charge in [0.2, 0.25) is 10.0 Å². The Morgan fingerprint density at radius 1 is 1.30 bits per heavy atom. The highest BCUT2D eigenvalue weighted by Gasteiger charge is 2.28. The number of likely N-dealkylation sites (N-methyl/N-ethyl adjacent to an activating group) is 1. The number of nitrogens with zero attached hydrogens (tertiary/aromatic N) is 2. The van der Waals surface area contributed by atoms with Crippen molar-refractivity contribution in [3.63, 3.8) is 0 Å². The van der Waals surface area contributed by atoms with Crippen LogP contribution in [0.1, 0.15) is 37.0 Å². The Labute approximate surface area is 138 Å². The monoisotopic (exact) mass is 336 g/mol. The third kappa shape index (κ3) is 4.00. The fourth-order valence-electron chi connectivity index (χ4n) is 2.70. The van der Waals surface area contributed by atoms with Crippen LogP contribution < -0.4 is 0 Å². The van der Waals surface area contributed by atoms with E-state index in [1.807, 2.05) is 13.8 Å². The van der Waals surface area contributed by atoms with E-state index < -0.39 is 10.0 Å². The van der Waals surface area contributed by atoms with Crippen LogP contribution in [0.25, 0.3) is 0 Å². The second kappa shape index (κ2) is 7.27. The topological polar surface area (TPSA) is 57.7 Å². The maximum atomic E-state index is 12.6. The Hall–Kier alpha value is -1.66. The lowest BCUT2D eigenvalue weighted by atomic mass is 10.2. The molecule has 5 nitrogen and oxygen atoms in total. The summed E-state index contributed by atoms with van der Waals surface area (Å²) in [5, 5.41) is 0. The number of rotatable bonds is 6. The van der Waals surface area contributed by atoms with Gasteiger partial charge >= 0.3 is 0 Å². The van der Waals surface area contributed by atoms with E-state index in [4.69, 9.17) is 0 Å². The van der Waals surface area contributed by atoms with Crippen molar-refractivity contribution in [3.05, 3.63) is 42.0 Å². The average Bonchev–Trinajstić information content (AvgIpc) is 3.07. The fraction of sp³-hybridized carbons (Fsp3) is 0.471. The minimum atomic E-state index is -3.51. The van der Waals surface area contributed by atoms with E-state index in [9.17, 15) is 13.2 Å². The van der Waals surface area contributed by atoms with Gasteiger partial charge in [0, 0.05) is 31.7 Å². The van der Waals surface area contributed by atoms with Gasteiger partial charge in [-0.2, -0.15) is 4.31 Å². The van der Waals surface area contributed by atoms with E-state index in [0.29, 0.717) is 31.7 Å². The van der Waals surface area contributed by atoms with Gasteiger partial charge in [0.1, 0.15) is 0 Å². The highest BCUT2D eigenvalue weighted by atomic mass is 32.2. The number of carbonyl (C=O) groups is 1. The summed E-state index contributed by atoms with van der Waals surface area (Å²) >= 11 is 0. The molecule has 0 aliphatic carbocycles. The molecular formula is C17H24N2O3S. The summed E-state index contributed by atoms with van der Waals surface area (Å²) in [6.07, 6.45) is 1.78. The zero-order valence-electron chi connectivity index (χ0n) is 13.8. The second-order valence-electron chi connectivity index (χ2n) is 5.92. The van der Waals surface area contributed by atoms with Crippen LogP contribution in [0.3, 0.4) is 0 Å². The molecule has 0 atom stereocenters. The lowest BCUT2D eigenvalue weighted by Gasteiger charge is -2.21. The molecule has 0 spiro atoms. The number of hydrogen-bond acceptors (Lipinski definition) is 3. The van der Waals surface area contributed by atoms with Crippen molar-refractivity contribution < 1.29 is 13.2 Å². The Morgan fingerprint density at radius 2 is 1.96 bits per heavy atom. The molecule has 0 unspecified atom stereocenters. The summed E-state index contributed by atoms with van der Waals surface area (Å²) in [7, 11) is -3.51. The van der Waals surface area contributed by atoms with Gasteiger partial charge in [-0.25, -0.2) is 8.42 Å². The summed E-state index contributed by atoms with van der Waals surface area (Å²) in [6, 6.07) is 6.33. The van der Waals surface area contributed by atoms with Crippen LogP contribution in [0.2, 0.25) is 0 Å². The predicted octanol–water partition coefficient (Wildman–Crippen LogP) is 2.51. The van der Waals surface area contributed by atoms with Crippen LogP contribution >= 0.6 is 0 Å². The Bertz CT molecular complexity index is 692. The zero-order valence-corrected chi connectivity index (χ0v) is 14.6. The molecule has 1 aliphatic rings. The van der Waals surface area contributed by atoms with Crippen molar-refractivity contribution in [3.8, 4) is 0 Å². The minimum Gasteiger partial charge on any atom is -0.335 e. The van der Waals surface area contributed by atoms with Crippen molar-refractivity contribution in [2.75, 3.05) is 26.2 Å². The van der Waals surface area contributed by atoms with E-state index >= 15 is 0 Å². The standard InChI is InChI=1S/C17H24N2O3S/c1-4-18(13-14(2)3)17(20)15-8-7-9-16(12-15)23(21,22)19-10-5-6-11-19/h7-9,12H,2,4-6,10-11,13H2,1,3H3. The van der Waals surface area contributed by atoms with Crippen LogP contribution in [0.5, 0.6) is 0 Å². The van der Waals surface area contributed by atoms with Gasteiger partial charge in [-0.1, -0.05) is 18.2 Å². The number of benzene rings is 1. The van der Waals surface area contributed by atoms with Crippen LogP contribution in [0.4, 0.5) is 0 Å². The second-order valence-corrected chi connectivity index (χ2v) is 7.85. The molecular weight excluding hydrogens is 312 g/mol. The largest absolute Gasteiger partial charge is 0.335 e. The number of hydrogen-bond donors (Lipinski definition) is 0. The first-order chi connectivity index (χ1) is 10.9. The van der Waals surface area contributed by atoms with Gasteiger partial charge in [-0.3, -0.25) is 4.79 Å². The molecule has 0 aromatic heterocycles. The van der Waals surface area contributed by atoms with Crippen molar-refractivity contribution in [1.29, 1.82) is 0 Å². The van der Waals surface area contributed by atoms with Crippen LogP contribution in [0, 0.1) is 0 Å². The van der Waals surface area contributed by atoms with E-state index in [1.54, 1.807) is 23.1 Å². The van der Waals surface area contributed by atoms with E-state index in [2.05, 4.69) is 6.58 Å². The van der Waals surface area contributed by atoms with Gasteiger partial charge in [-0.15, -0.1) is 0 Å². The molecule has 0 bridgehead atoms. The number of sulfonamides is 1. The molecule has 23 heavy (non-hydrogen) atoms. The summed E-state index contributed by atoms with van der Waals surface area (Å²) < 4.78 is 26.7. The van der Waals surface area contributed by atoms with E-state index in [1.165, 1.54) is 10.4 Å². The molecule has 2 rings (SSSR count). The normalized spacial score (nSPS) is 15.6. The smallest absolute Gasteiger partial charge is 0.254 e. The molecule has 6 heteroatoms. The third-order valence-electron chi connectivity index (χ3n) is 3.91. The third-order valence-corrected chi connectivity index (χ3v) is 5.81. The maximum Gasteiger partial charge on any atom is 0.254 e. The molecule has 1 aromatic rings. The van der Waals surface area contributed by atoms with Crippen LogP contribution in [-0.2, 0) is 10.0 Å². The van der Waals surface area contributed by atoms with Crippen LogP contribution in [-0.4, -0.2) is 49.7 Å². The quantitative estimate of drug-likeness (QED) is 0.750. The Morgan fingerprint density at radius 3 is 2.52 bits per heavy atom. The molecule has 1 heterocycles. The summed E-state index contributed by atoms with van der Waals surface area (Å²) in [4.78, 5) is 14.4. The highest BCUT2D eigenvalue weighted by molar-refractivity contribution is 7.89. The summed E-state index contributed by atoms with van der Waals surface area (Å²) in [5.74, 6) is -0.172. The van der Waals surface area contributed by atoms with Crippen molar-refractivity contribution in [1.82, 2.24) is 9.21 Å². The summed E-state index contributed by atoms with van der Waals surface area (Å²) in [6.45, 7) is 9.72. The van der Waals surface area contributed by atoms with E-state index in [0.717, 1.165) is 18.4 Å². The molecule has 1 fully saturated rings. The molecule has 0 radical (unpaired) electrons. The molecule has 1 amide bonds. The molecule has 0 saturated carbocycles. The lowest BCUT2D eigenvalue weighted by Crippen LogP contribution is -2.32. The minimum absolute atomic E-state index is 0.172. The first-order valence-electron chi connectivity index (χ1n) is 7.90. The van der Waals surface area contributed by atoms with E-state index in [-0.39, 0.29) is 10.8 Å². The fourth-order valence-corrected chi connectivity index (χ4v) is 4.27. The van der Waals surface area contributed by atoms with Gasteiger partial charge < -0.3 is 4.90 Å². The number of amides is 1. The Balaban J connectivity index is 2.28. The van der Waals surface area contributed by atoms with Crippen LogP contribution in [0.15, 0.2) is 41.3 Å². The highest BCUT2D eigenvalue weighted by Crippen LogP contribution is 2.22. The zero-order chi connectivity index (χ0) is 17.0. The average molecular weight is 336 g/mol. The maximum absolute atomic E-state index is 12.6. The van der Waals surface area contributed by atoms with Crippen molar-refractivity contribution >= 4 is 15.9 Å². The predicted molar refractivity (Wildman–Crippen MR) is 90.8 cm³/mol. The first kappa shape index (κ1) is 17.7. The first-order valence-corrected chi connectivity index (χ1v) is 9.34. The van der Waals surface area contributed by atoms with Gasteiger partial charge in [0.25, 0.3) is 5.91 Å². The molecule has 126 valence electrons. The molecule has 1 aliphatic heterocycles.